The summed E-state index contributed by atoms with van der Waals surface area (Å²) in [6.45, 7) is 0.960. The Morgan fingerprint density at radius 3 is 3.00 bits per heavy atom. The van der Waals surface area contributed by atoms with E-state index in [0.29, 0.717) is 0 Å². The van der Waals surface area contributed by atoms with Crippen LogP contribution in [0.4, 0.5) is 5.82 Å². The fourth-order valence-electron chi connectivity index (χ4n) is 1.11. The van der Waals surface area contributed by atoms with Crippen LogP contribution >= 0.6 is 0 Å². The van der Waals surface area contributed by atoms with Gasteiger partial charge in [-0.1, -0.05) is 6.07 Å². The molecule has 0 unspecified atom stereocenters. The second-order valence-corrected chi connectivity index (χ2v) is 2.92. The Labute approximate surface area is 79.6 Å². The van der Waals surface area contributed by atoms with Gasteiger partial charge in [-0.3, -0.25) is 0 Å². The lowest BCUT2D eigenvalue weighted by Crippen LogP contribution is -2.19. The van der Waals surface area contributed by atoms with Crippen LogP contribution in [-0.4, -0.2) is 18.6 Å². The second kappa shape index (κ2) is 5.21. The summed E-state index contributed by atoms with van der Waals surface area (Å²) >= 11 is 0. The van der Waals surface area contributed by atoms with Gasteiger partial charge in [-0.15, -0.1) is 12.3 Å². The van der Waals surface area contributed by atoms with Gasteiger partial charge in [0.25, 0.3) is 0 Å². The smallest absolute Gasteiger partial charge is 0.128 e. The number of hydrogen-bond donors (Lipinski definition) is 0. The molecule has 0 aliphatic heterocycles. The van der Waals surface area contributed by atoms with Gasteiger partial charge in [0.05, 0.1) is 0 Å². The standard InChI is InChI=1S/C11H14N2/c1-3-4-7-10-13(2)11-8-5-6-9-12-11/h1,5-6,8-9H,4,7,10H2,2H3. The maximum Gasteiger partial charge on any atom is 0.128 e. The number of anilines is 1. The van der Waals surface area contributed by atoms with Crippen molar-refractivity contribution in [2.75, 3.05) is 18.5 Å². The van der Waals surface area contributed by atoms with Crippen molar-refractivity contribution >= 4 is 5.82 Å². The molecule has 0 bridgehead atoms. The zero-order valence-corrected chi connectivity index (χ0v) is 7.90. The second-order valence-electron chi connectivity index (χ2n) is 2.92. The lowest BCUT2D eigenvalue weighted by Gasteiger charge is -2.16. The quantitative estimate of drug-likeness (QED) is 0.512. The fourth-order valence-corrected chi connectivity index (χ4v) is 1.11. The predicted octanol–water partition coefficient (Wildman–Crippen LogP) is 1.93. The highest BCUT2D eigenvalue weighted by atomic mass is 15.2. The third kappa shape index (κ3) is 3.16. The minimum absolute atomic E-state index is 0.831. The predicted molar refractivity (Wildman–Crippen MR) is 55.6 cm³/mol. The number of terminal acetylenes is 1. The van der Waals surface area contributed by atoms with Gasteiger partial charge in [0.15, 0.2) is 0 Å². The molecule has 0 aliphatic carbocycles. The van der Waals surface area contributed by atoms with Gasteiger partial charge >= 0.3 is 0 Å². The molecule has 0 N–H and O–H groups in total. The maximum absolute atomic E-state index is 5.17. The highest BCUT2D eigenvalue weighted by molar-refractivity contribution is 5.36. The average molecular weight is 174 g/mol. The molecule has 0 spiro atoms. The molecule has 0 aliphatic rings. The van der Waals surface area contributed by atoms with E-state index in [1.807, 2.05) is 25.2 Å². The van der Waals surface area contributed by atoms with Crippen LogP contribution in [-0.2, 0) is 0 Å². The molecular formula is C11H14N2. The molecular weight excluding hydrogens is 160 g/mol. The lowest BCUT2D eigenvalue weighted by molar-refractivity contribution is 0.801. The third-order valence-corrected chi connectivity index (χ3v) is 1.86. The molecule has 1 aromatic heterocycles. The van der Waals surface area contributed by atoms with Crippen LogP contribution < -0.4 is 4.90 Å². The van der Waals surface area contributed by atoms with E-state index < -0.39 is 0 Å². The van der Waals surface area contributed by atoms with Crippen LogP contribution in [0.2, 0.25) is 0 Å². The van der Waals surface area contributed by atoms with Crippen LogP contribution in [0, 0.1) is 12.3 Å². The van der Waals surface area contributed by atoms with E-state index in [9.17, 15) is 0 Å². The molecule has 68 valence electrons. The molecule has 0 atom stereocenters. The number of unbranched alkanes of at least 4 members (excludes halogenated alkanes) is 1. The first-order chi connectivity index (χ1) is 6.34. The summed E-state index contributed by atoms with van der Waals surface area (Å²) in [5.41, 5.74) is 0. The highest BCUT2D eigenvalue weighted by Gasteiger charge is 1.98. The molecule has 2 heteroatoms. The molecule has 0 amide bonds. The van der Waals surface area contributed by atoms with Crippen molar-refractivity contribution in [3.8, 4) is 12.3 Å². The molecule has 0 aromatic carbocycles. The summed E-state index contributed by atoms with van der Waals surface area (Å²) in [7, 11) is 2.03. The van der Waals surface area contributed by atoms with Gasteiger partial charge < -0.3 is 4.90 Å². The van der Waals surface area contributed by atoms with Crippen molar-refractivity contribution in [1.82, 2.24) is 4.98 Å². The molecule has 13 heavy (non-hydrogen) atoms. The number of pyridine rings is 1. The van der Waals surface area contributed by atoms with Crippen LogP contribution in [0.25, 0.3) is 0 Å². The Morgan fingerprint density at radius 2 is 2.38 bits per heavy atom. The number of nitrogens with zero attached hydrogens (tertiary/aromatic N) is 2. The van der Waals surface area contributed by atoms with E-state index in [-0.39, 0.29) is 0 Å². The van der Waals surface area contributed by atoms with E-state index >= 15 is 0 Å². The average Bonchev–Trinajstić information content (AvgIpc) is 2.19. The molecule has 1 aromatic rings. The van der Waals surface area contributed by atoms with Crippen molar-refractivity contribution in [1.29, 1.82) is 0 Å². The normalized spacial score (nSPS) is 9.23. The van der Waals surface area contributed by atoms with E-state index in [4.69, 9.17) is 6.42 Å². The Hall–Kier alpha value is -1.49. The number of aromatic nitrogens is 1. The minimum atomic E-state index is 0.831. The van der Waals surface area contributed by atoms with Gasteiger partial charge in [-0.25, -0.2) is 4.98 Å². The fraction of sp³-hybridized carbons (Fsp3) is 0.364. The molecule has 0 fully saturated rings. The molecule has 0 saturated heterocycles. The zero-order chi connectivity index (χ0) is 9.52. The Balaban J connectivity index is 2.41. The van der Waals surface area contributed by atoms with Crippen LogP contribution in [0.1, 0.15) is 12.8 Å². The highest BCUT2D eigenvalue weighted by Crippen LogP contribution is 2.06. The van der Waals surface area contributed by atoms with Gasteiger partial charge in [-0.2, -0.15) is 0 Å². The van der Waals surface area contributed by atoms with E-state index in [0.717, 1.165) is 25.2 Å². The first-order valence-electron chi connectivity index (χ1n) is 4.40. The van der Waals surface area contributed by atoms with Crippen LogP contribution in [0.15, 0.2) is 24.4 Å². The maximum atomic E-state index is 5.17. The first-order valence-corrected chi connectivity index (χ1v) is 4.40. The monoisotopic (exact) mass is 174 g/mol. The topological polar surface area (TPSA) is 16.1 Å². The SMILES string of the molecule is C#CCCCN(C)c1ccccn1. The summed E-state index contributed by atoms with van der Waals surface area (Å²) in [6, 6.07) is 5.90. The summed E-state index contributed by atoms with van der Waals surface area (Å²) in [5, 5.41) is 0. The molecule has 1 heterocycles. The summed E-state index contributed by atoms with van der Waals surface area (Å²) in [6.07, 6.45) is 8.82. The van der Waals surface area contributed by atoms with Crippen LogP contribution in [0.5, 0.6) is 0 Å². The molecule has 0 radical (unpaired) electrons. The largest absolute Gasteiger partial charge is 0.360 e. The lowest BCUT2D eigenvalue weighted by atomic mass is 10.3. The van der Waals surface area contributed by atoms with Crippen LogP contribution in [0.3, 0.4) is 0 Å². The first kappa shape index (κ1) is 9.60. The minimum Gasteiger partial charge on any atom is -0.360 e. The van der Waals surface area contributed by atoms with E-state index in [2.05, 4.69) is 15.8 Å². The molecule has 1 rings (SSSR count). The van der Waals surface area contributed by atoms with Gasteiger partial charge in [0.2, 0.25) is 0 Å². The van der Waals surface area contributed by atoms with Crippen molar-refractivity contribution < 1.29 is 0 Å². The van der Waals surface area contributed by atoms with Gasteiger partial charge in [0, 0.05) is 26.2 Å². The third-order valence-electron chi connectivity index (χ3n) is 1.86. The summed E-state index contributed by atoms with van der Waals surface area (Å²) in [4.78, 5) is 6.34. The molecule has 0 saturated carbocycles. The molecule has 2 nitrogen and oxygen atoms in total. The number of hydrogen-bond acceptors (Lipinski definition) is 2. The van der Waals surface area contributed by atoms with Crippen molar-refractivity contribution in [2.45, 2.75) is 12.8 Å². The number of rotatable bonds is 4. The Kier molecular flexibility index (Phi) is 3.84. The Morgan fingerprint density at radius 1 is 1.54 bits per heavy atom. The summed E-state index contributed by atoms with van der Waals surface area (Å²) < 4.78 is 0. The zero-order valence-electron chi connectivity index (χ0n) is 7.90. The van der Waals surface area contributed by atoms with Gasteiger partial charge in [-0.05, 0) is 18.6 Å². The van der Waals surface area contributed by atoms with Crippen molar-refractivity contribution in [3.63, 3.8) is 0 Å². The van der Waals surface area contributed by atoms with E-state index in [1.165, 1.54) is 0 Å². The summed E-state index contributed by atoms with van der Waals surface area (Å²) in [5.74, 6) is 3.63. The van der Waals surface area contributed by atoms with E-state index in [1.54, 1.807) is 6.20 Å². The van der Waals surface area contributed by atoms with Gasteiger partial charge in [0.1, 0.15) is 5.82 Å². The van der Waals surface area contributed by atoms with Crippen molar-refractivity contribution in [3.05, 3.63) is 24.4 Å². The van der Waals surface area contributed by atoms with Crippen molar-refractivity contribution in [2.24, 2.45) is 0 Å². The Bertz CT molecular complexity index is 274.